The van der Waals surface area contributed by atoms with Crippen molar-refractivity contribution in [3.63, 3.8) is 0 Å². The Labute approximate surface area is 80.8 Å². The van der Waals surface area contributed by atoms with E-state index in [2.05, 4.69) is 6.92 Å². The van der Waals surface area contributed by atoms with Gasteiger partial charge < -0.3 is 15.0 Å². The van der Waals surface area contributed by atoms with E-state index < -0.39 is 12.2 Å². The Morgan fingerprint density at radius 1 is 1.23 bits per heavy atom. The van der Waals surface area contributed by atoms with Crippen LogP contribution in [0.1, 0.15) is 47.0 Å². The maximum Gasteiger partial charge on any atom is 0.129 e. The van der Waals surface area contributed by atoms with Crippen LogP contribution < -0.4 is 0 Å². The summed E-state index contributed by atoms with van der Waals surface area (Å²) in [4.78, 5) is 10.2. The fraction of sp³-hybridized carbons (Fsp3) is 0.900. The average molecular weight is 190 g/mol. The van der Waals surface area contributed by atoms with Crippen molar-refractivity contribution < 1.29 is 15.0 Å². The Morgan fingerprint density at radius 3 is 1.69 bits per heavy atom. The molecule has 0 aliphatic carbocycles. The standard InChI is InChI=1S/C6H12O.C4H10O2/c1-3-4-5-6(2)7;1-3(5)4(2)6/h3-5H2,1-2H3;3-6H,1-2H3. The largest absolute Gasteiger partial charge is 0.391 e. The van der Waals surface area contributed by atoms with Crippen molar-refractivity contribution in [1.82, 2.24) is 0 Å². The van der Waals surface area contributed by atoms with Gasteiger partial charge in [-0.05, 0) is 27.2 Å². The molecule has 0 spiro atoms. The van der Waals surface area contributed by atoms with Crippen molar-refractivity contribution in [2.24, 2.45) is 0 Å². The van der Waals surface area contributed by atoms with Gasteiger partial charge in [-0.25, -0.2) is 0 Å². The summed E-state index contributed by atoms with van der Waals surface area (Å²) in [5.74, 6) is 0.307. The summed E-state index contributed by atoms with van der Waals surface area (Å²) < 4.78 is 0. The minimum atomic E-state index is -0.593. The topological polar surface area (TPSA) is 57.5 Å². The van der Waals surface area contributed by atoms with Crippen LogP contribution in [0.4, 0.5) is 0 Å². The summed E-state index contributed by atoms with van der Waals surface area (Å²) in [7, 11) is 0. The van der Waals surface area contributed by atoms with Crippen molar-refractivity contribution in [3.8, 4) is 0 Å². The molecular formula is C10H22O3. The minimum Gasteiger partial charge on any atom is -0.391 e. The van der Waals surface area contributed by atoms with E-state index in [1.165, 1.54) is 0 Å². The highest BCUT2D eigenvalue weighted by Gasteiger charge is 1.99. The van der Waals surface area contributed by atoms with Crippen LogP contribution in [-0.4, -0.2) is 28.2 Å². The van der Waals surface area contributed by atoms with E-state index in [0.29, 0.717) is 5.78 Å². The number of aliphatic hydroxyl groups excluding tert-OH is 2. The first-order valence-electron chi connectivity index (χ1n) is 4.77. The number of hydrogen-bond donors (Lipinski definition) is 2. The maximum absolute atomic E-state index is 10.2. The molecule has 0 bridgehead atoms. The molecule has 0 aromatic rings. The van der Waals surface area contributed by atoms with Gasteiger partial charge in [0.2, 0.25) is 0 Å². The first-order chi connectivity index (χ1) is 5.91. The Morgan fingerprint density at radius 2 is 1.62 bits per heavy atom. The number of rotatable bonds is 4. The molecule has 0 aliphatic heterocycles. The lowest BCUT2D eigenvalue weighted by Gasteiger charge is -2.03. The second-order valence-electron chi connectivity index (χ2n) is 3.29. The number of carbonyl (C=O) groups is 1. The number of carbonyl (C=O) groups excluding carboxylic acids is 1. The van der Waals surface area contributed by atoms with Crippen molar-refractivity contribution in [2.45, 2.75) is 59.2 Å². The third kappa shape index (κ3) is 18.5. The van der Waals surface area contributed by atoms with Gasteiger partial charge >= 0.3 is 0 Å². The minimum absolute atomic E-state index is 0.307. The molecule has 80 valence electrons. The Bertz CT molecular complexity index is 113. The van der Waals surface area contributed by atoms with Gasteiger partial charge in [0.15, 0.2) is 0 Å². The van der Waals surface area contributed by atoms with E-state index in [-0.39, 0.29) is 0 Å². The smallest absolute Gasteiger partial charge is 0.129 e. The molecule has 3 heteroatoms. The van der Waals surface area contributed by atoms with Crippen LogP contribution in [0.2, 0.25) is 0 Å². The SMILES string of the molecule is CC(O)C(C)O.CCCCC(C)=O. The fourth-order valence-electron chi connectivity index (χ4n) is 0.426. The monoisotopic (exact) mass is 190 g/mol. The van der Waals surface area contributed by atoms with Crippen LogP contribution in [0.25, 0.3) is 0 Å². The van der Waals surface area contributed by atoms with Gasteiger partial charge in [-0.15, -0.1) is 0 Å². The van der Waals surface area contributed by atoms with Gasteiger partial charge in [0, 0.05) is 6.42 Å². The molecule has 0 fully saturated rings. The maximum atomic E-state index is 10.2. The molecule has 0 saturated carbocycles. The third-order valence-corrected chi connectivity index (χ3v) is 1.58. The predicted molar refractivity (Wildman–Crippen MR) is 53.6 cm³/mol. The molecule has 0 rings (SSSR count). The summed E-state index contributed by atoms with van der Waals surface area (Å²) in [6, 6.07) is 0. The molecule has 0 aromatic carbocycles. The van der Waals surface area contributed by atoms with E-state index >= 15 is 0 Å². The Balaban J connectivity index is 0. The Kier molecular flexibility index (Phi) is 11.2. The highest BCUT2D eigenvalue weighted by atomic mass is 16.3. The van der Waals surface area contributed by atoms with Gasteiger partial charge in [0.1, 0.15) is 5.78 Å². The second kappa shape index (κ2) is 9.68. The van der Waals surface area contributed by atoms with Crippen LogP contribution in [-0.2, 0) is 4.79 Å². The highest BCUT2D eigenvalue weighted by Crippen LogP contribution is 1.92. The summed E-state index contributed by atoms with van der Waals surface area (Å²) in [6.07, 6.45) is 1.75. The highest BCUT2D eigenvalue weighted by molar-refractivity contribution is 5.75. The zero-order valence-corrected chi connectivity index (χ0v) is 9.08. The van der Waals surface area contributed by atoms with E-state index in [0.717, 1.165) is 19.3 Å². The summed E-state index contributed by atoms with van der Waals surface area (Å²) in [6.45, 7) is 6.81. The van der Waals surface area contributed by atoms with Crippen molar-refractivity contribution in [2.75, 3.05) is 0 Å². The normalized spacial score (nSPS) is 14.0. The molecule has 0 amide bonds. The summed E-state index contributed by atoms with van der Waals surface area (Å²) in [5, 5.41) is 16.8. The Hall–Kier alpha value is -0.410. The zero-order chi connectivity index (χ0) is 10.9. The van der Waals surface area contributed by atoms with E-state index in [9.17, 15) is 4.79 Å². The summed E-state index contributed by atoms with van der Waals surface area (Å²) >= 11 is 0. The summed E-state index contributed by atoms with van der Waals surface area (Å²) in [5.41, 5.74) is 0. The number of hydrogen-bond acceptors (Lipinski definition) is 3. The number of aliphatic hydroxyl groups is 2. The van der Waals surface area contributed by atoms with Crippen molar-refractivity contribution in [3.05, 3.63) is 0 Å². The molecule has 2 unspecified atom stereocenters. The van der Waals surface area contributed by atoms with Crippen LogP contribution >= 0.6 is 0 Å². The van der Waals surface area contributed by atoms with E-state index in [1.807, 2.05) is 0 Å². The van der Waals surface area contributed by atoms with Gasteiger partial charge in [0.25, 0.3) is 0 Å². The lowest BCUT2D eigenvalue weighted by Crippen LogP contribution is -2.17. The molecule has 2 atom stereocenters. The molecule has 0 saturated heterocycles. The molecule has 0 heterocycles. The molecule has 13 heavy (non-hydrogen) atoms. The first-order valence-corrected chi connectivity index (χ1v) is 4.77. The van der Waals surface area contributed by atoms with Gasteiger partial charge in [-0.3, -0.25) is 0 Å². The number of Topliss-reactive ketones (excluding diaryl/α,β-unsaturated/α-hetero) is 1. The van der Waals surface area contributed by atoms with Crippen LogP contribution in [0.5, 0.6) is 0 Å². The first kappa shape index (κ1) is 15.1. The third-order valence-electron chi connectivity index (χ3n) is 1.58. The lowest BCUT2D eigenvalue weighted by molar-refractivity contribution is -0.117. The number of ketones is 1. The fourth-order valence-corrected chi connectivity index (χ4v) is 0.426. The van der Waals surface area contributed by atoms with Crippen LogP contribution in [0.15, 0.2) is 0 Å². The molecule has 0 aromatic heterocycles. The van der Waals surface area contributed by atoms with Crippen LogP contribution in [0.3, 0.4) is 0 Å². The molecule has 2 N–H and O–H groups in total. The average Bonchev–Trinajstić information content (AvgIpc) is 2.01. The van der Waals surface area contributed by atoms with Crippen LogP contribution in [0, 0.1) is 0 Å². The number of unbranched alkanes of at least 4 members (excludes halogenated alkanes) is 1. The van der Waals surface area contributed by atoms with Gasteiger partial charge in [-0.1, -0.05) is 13.3 Å². The van der Waals surface area contributed by atoms with Crippen molar-refractivity contribution >= 4 is 5.78 Å². The molecule has 3 nitrogen and oxygen atoms in total. The van der Waals surface area contributed by atoms with E-state index in [4.69, 9.17) is 10.2 Å². The lowest BCUT2D eigenvalue weighted by atomic mass is 10.2. The van der Waals surface area contributed by atoms with Gasteiger partial charge in [-0.2, -0.15) is 0 Å². The molecular weight excluding hydrogens is 168 g/mol. The molecule has 0 aliphatic rings. The second-order valence-corrected chi connectivity index (χ2v) is 3.29. The van der Waals surface area contributed by atoms with Crippen molar-refractivity contribution in [1.29, 1.82) is 0 Å². The molecule has 0 radical (unpaired) electrons. The van der Waals surface area contributed by atoms with E-state index in [1.54, 1.807) is 20.8 Å². The predicted octanol–water partition coefficient (Wildman–Crippen LogP) is 1.51. The van der Waals surface area contributed by atoms with Gasteiger partial charge in [0.05, 0.1) is 12.2 Å². The quantitative estimate of drug-likeness (QED) is 0.706. The zero-order valence-electron chi connectivity index (χ0n) is 9.08.